The van der Waals surface area contributed by atoms with Gasteiger partial charge in [-0.15, -0.1) is 0 Å². The maximum Gasteiger partial charge on any atom is 0.326 e. The van der Waals surface area contributed by atoms with Gasteiger partial charge in [-0.25, -0.2) is 4.79 Å². The van der Waals surface area contributed by atoms with E-state index in [4.69, 9.17) is 4.52 Å². The van der Waals surface area contributed by atoms with Crippen LogP contribution in [0.25, 0.3) is 22.4 Å². The highest BCUT2D eigenvalue weighted by atomic mass is 16.5. The minimum absolute atomic E-state index is 0.0475. The molecule has 4 aromatic rings. The van der Waals surface area contributed by atoms with E-state index in [0.29, 0.717) is 30.2 Å². The number of amides is 1. The second-order valence-electron chi connectivity index (χ2n) is 7.85. The third-order valence-corrected chi connectivity index (χ3v) is 5.88. The molecule has 5 rings (SSSR count). The van der Waals surface area contributed by atoms with E-state index < -0.39 is 0 Å². The Morgan fingerprint density at radius 1 is 1.10 bits per heavy atom. The number of nitrogens with zero attached hydrogens (tertiary/aromatic N) is 4. The maximum atomic E-state index is 12.6. The summed E-state index contributed by atoms with van der Waals surface area (Å²) < 4.78 is 7.05. The van der Waals surface area contributed by atoms with Crippen molar-refractivity contribution in [2.75, 3.05) is 11.4 Å². The Hall–Kier alpha value is -3.68. The van der Waals surface area contributed by atoms with Gasteiger partial charge in [0.1, 0.15) is 0 Å². The van der Waals surface area contributed by atoms with Crippen molar-refractivity contribution in [3.63, 3.8) is 0 Å². The quantitative estimate of drug-likeness (QED) is 0.567. The second-order valence-corrected chi connectivity index (χ2v) is 7.85. The summed E-state index contributed by atoms with van der Waals surface area (Å²) in [6.07, 6.45) is 0.333. The number of hydrogen-bond acceptors (Lipinski definition) is 5. The molecule has 2 aromatic heterocycles. The highest BCUT2D eigenvalue weighted by molar-refractivity contribution is 5.96. The molecule has 0 saturated carbocycles. The molecule has 1 aliphatic rings. The Morgan fingerprint density at radius 2 is 1.93 bits per heavy atom. The molecule has 1 saturated heterocycles. The standard InChI is InChI=1S/C22H21N5O3/c1-12-4-6-16(8-13(12)2)27-11-15(10-19(27)28)21-24-20(25-30-21)14-5-7-18-17(9-14)23-22(29)26(18)3/h4-9,15H,10-11H2,1-3H3,(H,23,29)/t15-/m1/s1. The number of carbonyl (C=O) groups is 1. The number of anilines is 1. The lowest BCUT2D eigenvalue weighted by atomic mass is 10.1. The molecule has 152 valence electrons. The summed E-state index contributed by atoms with van der Waals surface area (Å²) in [4.78, 5) is 33.5. The Bertz CT molecular complexity index is 1350. The van der Waals surface area contributed by atoms with E-state index in [0.717, 1.165) is 22.3 Å². The van der Waals surface area contributed by atoms with Crippen molar-refractivity contribution in [2.45, 2.75) is 26.2 Å². The van der Waals surface area contributed by atoms with E-state index >= 15 is 0 Å². The van der Waals surface area contributed by atoms with E-state index in [-0.39, 0.29) is 17.5 Å². The molecule has 0 unspecified atom stereocenters. The molecule has 0 bridgehead atoms. The molecule has 0 spiro atoms. The van der Waals surface area contributed by atoms with Crippen LogP contribution in [0.4, 0.5) is 5.69 Å². The smallest absolute Gasteiger partial charge is 0.326 e. The summed E-state index contributed by atoms with van der Waals surface area (Å²) in [5.74, 6) is 0.784. The van der Waals surface area contributed by atoms with E-state index in [2.05, 4.69) is 22.0 Å². The molecule has 8 heteroatoms. The van der Waals surface area contributed by atoms with Crippen LogP contribution < -0.4 is 10.6 Å². The van der Waals surface area contributed by atoms with Gasteiger partial charge in [-0.05, 0) is 55.3 Å². The van der Waals surface area contributed by atoms with Crippen LogP contribution in [0.15, 0.2) is 45.7 Å². The Balaban J connectivity index is 1.41. The van der Waals surface area contributed by atoms with Crippen LogP contribution in [0, 0.1) is 13.8 Å². The fraction of sp³-hybridized carbons (Fsp3) is 0.273. The second kappa shape index (κ2) is 6.69. The Kier molecular flexibility index (Phi) is 4.09. The number of hydrogen-bond donors (Lipinski definition) is 1. The third kappa shape index (κ3) is 2.92. The average Bonchev–Trinajstić information content (AvgIpc) is 3.42. The van der Waals surface area contributed by atoms with Gasteiger partial charge >= 0.3 is 5.69 Å². The average molecular weight is 403 g/mol. The predicted molar refractivity (Wildman–Crippen MR) is 112 cm³/mol. The zero-order chi connectivity index (χ0) is 21.0. The third-order valence-electron chi connectivity index (χ3n) is 5.88. The van der Waals surface area contributed by atoms with Gasteiger partial charge in [0.25, 0.3) is 0 Å². The lowest BCUT2D eigenvalue weighted by molar-refractivity contribution is -0.117. The summed E-state index contributed by atoms with van der Waals surface area (Å²) in [6, 6.07) is 11.6. The van der Waals surface area contributed by atoms with Gasteiger partial charge < -0.3 is 14.4 Å². The number of benzene rings is 2. The topological polar surface area (TPSA) is 97.0 Å². The minimum atomic E-state index is -0.174. The monoisotopic (exact) mass is 403 g/mol. The molecule has 1 aliphatic heterocycles. The molecule has 3 heterocycles. The predicted octanol–water partition coefficient (Wildman–Crippen LogP) is 3.05. The van der Waals surface area contributed by atoms with Crippen LogP contribution in [-0.2, 0) is 11.8 Å². The van der Waals surface area contributed by atoms with Gasteiger partial charge in [-0.1, -0.05) is 11.2 Å². The molecule has 1 N–H and O–H groups in total. The lowest BCUT2D eigenvalue weighted by Crippen LogP contribution is -2.24. The maximum absolute atomic E-state index is 12.6. The fourth-order valence-corrected chi connectivity index (χ4v) is 3.91. The van der Waals surface area contributed by atoms with E-state index in [1.807, 2.05) is 43.3 Å². The molecule has 2 aromatic carbocycles. The van der Waals surface area contributed by atoms with Crippen molar-refractivity contribution in [2.24, 2.45) is 7.05 Å². The first-order valence-electron chi connectivity index (χ1n) is 9.81. The van der Waals surface area contributed by atoms with Gasteiger partial charge in [0.15, 0.2) is 0 Å². The van der Waals surface area contributed by atoms with Crippen molar-refractivity contribution >= 4 is 22.6 Å². The molecular formula is C22H21N5O3. The van der Waals surface area contributed by atoms with Crippen molar-refractivity contribution in [3.05, 3.63) is 63.9 Å². The number of aryl methyl sites for hydroxylation is 3. The van der Waals surface area contributed by atoms with Crippen LogP contribution in [-0.4, -0.2) is 32.1 Å². The Morgan fingerprint density at radius 3 is 2.73 bits per heavy atom. The lowest BCUT2D eigenvalue weighted by Gasteiger charge is -2.17. The number of aromatic amines is 1. The molecule has 1 fully saturated rings. The first-order valence-corrected chi connectivity index (χ1v) is 9.81. The van der Waals surface area contributed by atoms with Crippen molar-refractivity contribution in [3.8, 4) is 11.4 Å². The zero-order valence-corrected chi connectivity index (χ0v) is 17.0. The molecule has 1 atom stereocenters. The number of fused-ring (bicyclic) bond motifs is 1. The molecule has 0 aliphatic carbocycles. The first kappa shape index (κ1) is 18.4. The summed E-state index contributed by atoms with van der Waals surface area (Å²) in [7, 11) is 1.71. The van der Waals surface area contributed by atoms with Gasteiger partial charge in [0.05, 0.1) is 17.0 Å². The highest BCUT2D eigenvalue weighted by Crippen LogP contribution is 2.33. The van der Waals surface area contributed by atoms with Crippen LogP contribution in [0.5, 0.6) is 0 Å². The van der Waals surface area contributed by atoms with E-state index in [1.165, 1.54) is 5.56 Å². The van der Waals surface area contributed by atoms with Crippen LogP contribution >= 0.6 is 0 Å². The molecule has 1 amide bonds. The highest BCUT2D eigenvalue weighted by Gasteiger charge is 2.35. The van der Waals surface area contributed by atoms with E-state index in [1.54, 1.807) is 16.5 Å². The zero-order valence-electron chi connectivity index (χ0n) is 17.0. The van der Waals surface area contributed by atoms with Crippen LogP contribution in [0.3, 0.4) is 0 Å². The molecular weight excluding hydrogens is 382 g/mol. The van der Waals surface area contributed by atoms with Gasteiger partial charge in [-0.3, -0.25) is 9.36 Å². The number of H-pyrrole nitrogens is 1. The summed E-state index contributed by atoms with van der Waals surface area (Å²) in [5.41, 5.74) is 5.32. The number of rotatable bonds is 3. The number of carbonyl (C=O) groups excluding carboxylic acids is 1. The van der Waals surface area contributed by atoms with Gasteiger partial charge in [0.2, 0.25) is 17.6 Å². The number of nitrogens with one attached hydrogen (secondary N) is 1. The largest absolute Gasteiger partial charge is 0.339 e. The van der Waals surface area contributed by atoms with Crippen LogP contribution in [0.1, 0.15) is 29.4 Å². The molecule has 30 heavy (non-hydrogen) atoms. The number of aromatic nitrogens is 4. The minimum Gasteiger partial charge on any atom is -0.339 e. The van der Waals surface area contributed by atoms with Crippen molar-refractivity contribution < 1.29 is 9.32 Å². The van der Waals surface area contributed by atoms with Gasteiger partial charge in [-0.2, -0.15) is 4.98 Å². The van der Waals surface area contributed by atoms with E-state index in [9.17, 15) is 9.59 Å². The SMILES string of the molecule is Cc1ccc(N2C[C@H](c3nc(-c4ccc5c(c4)[nH]c(=O)n5C)no3)CC2=O)cc1C. The molecule has 8 nitrogen and oxygen atoms in total. The fourth-order valence-electron chi connectivity index (χ4n) is 3.91. The van der Waals surface area contributed by atoms with Crippen molar-refractivity contribution in [1.82, 2.24) is 19.7 Å². The summed E-state index contributed by atoms with van der Waals surface area (Å²) in [5, 5.41) is 4.10. The number of imidazole rings is 1. The normalized spacial score (nSPS) is 16.7. The summed E-state index contributed by atoms with van der Waals surface area (Å²) in [6.45, 7) is 4.60. The Labute approximate surface area is 172 Å². The van der Waals surface area contributed by atoms with Crippen molar-refractivity contribution in [1.29, 1.82) is 0 Å². The van der Waals surface area contributed by atoms with Crippen LogP contribution in [0.2, 0.25) is 0 Å². The first-order chi connectivity index (χ1) is 14.4. The summed E-state index contributed by atoms with van der Waals surface area (Å²) >= 11 is 0. The molecule has 0 radical (unpaired) electrons. The van der Waals surface area contributed by atoms with Gasteiger partial charge in [0, 0.05) is 31.3 Å².